The lowest BCUT2D eigenvalue weighted by Crippen LogP contribution is -2.44. The second kappa shape index (κ2) is 5.91. The SMILES string of the molecule is CCCNC(C)(CC(N)=O)c1cc(F)ccc1F. The molecule has 0 fully saturated rings. The second-order valence-electron chi connectivity index (χ2n) is 4.53. The third-order valence-corrected chi connectivity index (χ3v) is 2.82. The third kappa shape index (κ3) is 3.50. The van der Waals surface area contributed by atoms with Crippen LogP contribution in [0, 0.1) is 11.6 Å². The molecule has 0 spiro atoms. The third-order valence-electron chi connectivity index (χ3n) is 2.82. The van der Waals surface area contributed by atoms with E-state index in [0.29, 0.717) is 6.54 Å². The first-order valence-corrected chi connectivity index (χ1v) is 5.88. The summed E-state index contributed by atoms with van der Waals surface area (Å²) in [6.45, 7) is 4.17. The van der Waals surface area contributed by atoms with E-state index < -0.39 is 23.1 Å². The van der Waals surface area contributed by atoms with Gasteiger partial charge in [-0.15, -0.1) is 0 Å². The van der Waals surface area contributed by atoms with Gasteiger partial charge >= 0.3 is 0 Å². The molecule has 0 saturated carbocycles. The van der Waals surface area contributed by atoms with Crippen LogP contribution in [0.3, 0.4) is 0 Å². The molecule has 100 valence electrons. The van der Waals surface area contributed by atoms with Crippen LogP contribution in [0.15, 0.2) is 18.2 Å². The number of hydrogen-bond donors (Lipinski definition) is 2. The zero-order valence-corrected chi connectivity index (χ0v) is 10.6. The molecule has 3 N–H and O–H groups in total. The Balaban J connectivity index is 3.15. The Morgan fingerprint density at radius 1 is 1.44 bits per heavy atom. The van der Waals surface area contributed by atoms with Crippen LogP contribution < -0.4 is 11.1 Å². The smallest absolute Gasteiger partial charge is 0.219 e. The summed E-state index contributed by atoms with van der Waals surface area (Å²) in [5, 5.41) is 3.05. The van der Waals surface area contributed by atoms with Crippen LogP contribution in [-0.4, -0.2) is 12.5 Å². The molecule has 0 bridgehead atoms. The number of hydrogen-bond acceptors (Lipinski definition) is 2. The maximum absolute atomic E-state index is 13.8. The van der Waals surface area contributed by atoms with E-state index in [4.69, 9.17) is 5.73 Å². The van der Waals surface area contributed by atoms with Crippen LogP contribution >= 0.6 is 0 Å². The monoisotopic (exact) mass is 256 g/mol. The van der Waals surface area contributed by atoms with Gasteiger partial charge in [0.15, 0.2) is 0 Å². The van der Waals surface area contributed by atoms with Crippen molar-refractivity contribution in [2.24, 2.45) is 5.73 Å². The topological polar surface area (TPSA) is 55.1 Å². The van der Waals surface area contributed by atoms with Crippen LogP contribution in [0.4, 0.5) is 8.78 Å². The molecule has 0 saturated heterocycles. The molecule has 18 heavy (non-hydrogen) atoms. The summed E-state index contributed by atoms with van der Waals surface area (Å²) >= 11 is 0. The molecular formula is C13H18F2N2O. The van der Waals surface area contributed by atoms with Crippen molar-refractivity contribution in [1.29, 1.82) is 0 Å². The first-order valence-electron chi connectivity index (χ1n) is 5.88. The Morgan fingerprint density at radius 3 is 2.67 bits per heavy atom. The van der Waals surface area contributed by atoms with E-state index in [1.54, 1.807) is 6.92 Å². The predicted octanol–water partition coefficient (Wildman–Crippen LogP) is 2.05. The van der Waals surface area contributed by atoms with Crippen molar-refractivity contribution in [2.75, 3.05) is 6.54 Å². The van der Waals surface area contributed by atoms with Gasteiger partial charge in [-0.05, 0) is 38.1 Å². The highest BCUT2D eigenvalue weighted by atomic mass is 19.1. The van der Waals surface area contributed by atoms with Gasteiger partial charge in [0, 0.05) is 12.0 Å². The van der Waals surface area contributed by atoms with Gasteiger partial charge in [0.25, 0.3) is 0 Å². The van der Waals surface area contributed by atoms with Gasteiger partial charge in [0.2, 0.25) is 5.91 Å². The largest absolute Gasteiger partial charge is 0.370 e. The number of nitrogens with one attached hydrogen (secondary N) is 1. The van der Waals surface area contributed by atoms with E-state index >= 15 is 0 Å². The molecule has 5 heteroatoms. The maximum atomic E-state index is 13.8. The van der Waals surface area contributed by atoms with Crippen LogP contribution in [0.25, 0.3) is 0 Å². The number of nitrogens with two attached hydrogens (primary N) is 1. The van der Waals surface area contributed by atoms with Crippen molar-refractivity contribution in [3.63, 3.8) is 0 Å². The number of rotatable bonds is 6. The summed E-state index contributed by atoms with van der Waals surface area (Å²) in [5.41, 5.74) is 4.31. The Bertz CT molecular complexity index is 437. The first kappa shape index (κ1) is 14.6. The number of benzene rings is 1. The van der Waals surface area contributed by atoms with Gasteiger partial charge in [-0.3, -0.25) is 4.79 Å². The predicted molar refractivity (Wildman–Crippen MR) is 65.8 cm³/mol. The maximum Gasteiger partial charge on any atom is 0.219 e. The molecule has 0 aliphatic rings. The van der Waals surface area contributed by atoms with Crippen molar-refractivity contribution in [3.05, 3.63) is 35.4 Å². The number of amides is 1. The number of carbonyl (C=O) groups excluding carboxylic acids is 1. The minimum Gasteiger partial charge on any atom is -0.370 e. The van der Waals surface area contributed by atoms with Crippen LogP contribution in [0.1, 0.15) is 32.3 Å². The lowest BCUT2D eigenvalue weighted by molar-refractivity contribution is -0.119. The van der Waals surface area contributed by atoms with E-state index in [2.05, 4.69) is 5.32 Å². The van der Waals surface area contributed by atoms with Crippen molar-refractivity contribution in [1.82, 2.24) is 5.32 Å². The van der Waals surface area contributed by atoms with E-state index in [9.17, 15) is 13.6 Å². The molecule has 0 radical (unpaired) electrons. The molecule has 1 amide bonds. The highest BCUT2D eigenvalue weighted by molar-refractivity contribution is 5.75. The van der Waals surface area contributed by atoms with Gasteiger partial charge in [-0.2, -0.15) is 0 Å². The summed E-state index contributed by atoms with van der Waals surface area (Å²) < 4.78 is 27.0. The minimum absolute atomic E-state index is 0.0899. The zero-order valence-electron chi connectivity index (χ0n) is 10.6. The summed E-state index contributed by atoms with van der Waals surface area (Å²) in [6.07, 6.45) is 0.721. The van der Waals surface area contributed by atoms with Crippen LogP contribution in [0.2, 0.25) is 0 Å². The second-order valence-corrected chi connectivity index (χ2v) is 4.53. The average molecular weight is 256 g/mol. The van der Waals surface area contributed by atoms with Crippen molar-refractivity contribution in [3.8, 4) is 0 Å². The molecule has 0 aliphatic carbocycles. The Labute approximate surface area is 105 Å². The van der Waals surface area contributed by atoms with Crippen LogP contribution in [0.5, 0.6) is 0 Å². The van der Waals surface area contributed by atoms with Crippen molar-refractivity contribution < 1.29 is 13.6 Å². The summed E-state index contributed by atoms with van der Waals surface area (Å²) in [7, 11) is 0. The molecule has 1 atom stereocenters. The molecule has 3 nitrogen and oxygen atoms in total. The fourth-order valence-corrected chi connectivity index (χ4v) is 1.92. The number of carbonyl (C=O) groups is 1. The lowest BCUT2D eigenvalue weighted by atomic mass is 9.87. The first-order chi connectivity index (χ1) is 8.39. The highest BCUT2D eigenvalue weighted by Gasteiger charge is 2.31. The van der Waals surface area contributed by atoms with E-state index in [0.717, 1.165) is 24.6 Å². The van der Waals surface area contributed by atoms with E-state index in [1.165, 1.54) is 0 Å². The standard InChI is InChI=1S/C13H18F2N2O/c1-3-6-17-13(2,8-12(16)18)10-7-9(14)4-5-11(10)15/h4-5,7,17H,3,6,8H2,1-2H3,(H2,16,18). The molecule has 1 rings (SSSR count). The van der Waals surface area contributed by atoms with Gasteiger partial charge in [-0.25, -0.2) is 8.78 Å². The van der Waals surface area contributed by atoms with Gasteiger partial charge in [0.1, 0.15) is 11.6 Å². The van der Waals surface area contributed by atoms with Gasteiger partial charge in [0.05, 0.1) is 5.54 Å². The molecule has 0 heterocycles. The Morgan fingerprint density at radius 2 is 2.11 bits per heavy atom. The summed E-state index contributed by atoms with van der Waals surface area (Å²) in [6, 6.07) is 3.20. The molecule has 0 aliphatic heterocycles. The molecule has 1 aromatic rings. The van der Waals surface area contributed by atoms with Crippen molar-refractivity contribution in [2.45, 2.75) is 32.2 Å². The number of halogens is 2. The number of primary amides is 1. The quantitative estimate of drug-likeness (QED) is 0.818. The normalized spacial score (nSPS) is 14.2. The highest BCUT2D eigenvalue weighted by Crippen LogP contribution is 2.27. The molecule has 1 unspecified atom stereocenters. The van der Waals surface area contributed by atoms with Gasteiger partial charge < -0.3 is 11.1 Å². The van der Waals surface area contributed by atoms with E-state index in [1.807, 2.05) is 6.92 Å². The van der Waals surface area contributed by atoms with Crippen molar-refractivity contribution >= 4 is 5.91 Å². The molecular weight excluding hydrogens is 238 g/mol. The van der Waals surface area contributed by atoms with Gasteiger partial charge in [-0.1, -0.05) is 6.92 Å². The lowest BCUT2D eigenvalue weighted by Gasteiger charge is -2.30. The molecule has 0 aromatic heterocycles. The van der Waals surface area contributed by atoms with Crippen LogP contribution in [-0.2, 0) is 10.3 Å². The summed E-state index contributed by atoms with van der Waals surface area (Å²) in [4.78, 5) is 11.1. The van der Waals surface area contributed by atoms with E-state index in [-0.39, 0.29) is 12.0 Å². The fraction of sp³-hybridized carbons (Fsp3) is 0.462. The Kier molecular flexibility index (Phi) is 4.78. The minimum atomic E-state index is -0.992. The average Bonchev–Trinajstić information content (AvgIpc) is 2.29. The Hall–Kier alpha value is -1.49. The molecule has 1 aromatic carbocycles. The zero-order chi connectivity index (χ0) is 13.8. The fourth-order valence-electron chi connectivity index (χ4n) is 1.92. The summed E-state index contributed by atoms with van der Waals surface area (Å²) in [5.74, 6) is -1.66.